The van der Waals surface area contributed by atoms with E-state index in [1.54, 1.807) is 30.5 Å². The molecule has 28 heavy (non-hydrogen) atoms. The Morgan fingerprint density at radius 3 is 2.64 bits per heavy atom. The summed E-state index contributed by atoms with van der Waals surface area (Å²) in [5.41, 5.74) is 1.02. The predicted octanol–water partition coefficient (Wildman–Crippen LogP) is 2.28. The third kappa shape index (κ3) is 3.80. The van der Waals surface area contributed by atoms with Crippen molar-refractivity contribution in [2.45, 2.75) is 25.3 Å². The fraction of sp³-hybridized carbons (Fsp3) is 0.333. The lowest BCUT2D eigenvalue weighted by Gasteiger charge is -2.34. The monoisotopic (exact) mass is 377 g/mol. The van der Waals surface area contributed by atoms with Crippen molar-refractivity contribution >= 4 is 16.7 Å². The zero-order valence-electron chi connectivity index (χ0n) is 15.6. The number of aromatic nitrogens is 3. The molecule has 1 unspecified atom stereocenters. The van der Waals surface area contributed by atoms with Gasteiger partial charge in [0.15, 0.2) is 5.69 Å². The number of fused-ring (bicyclic) bond motifs is 1. The molecule has 7 nitrogen and oxygen atoms in total. The number of carbonyl (C=O) groups excluding carboxylic acids is 1. The van der Waals surface area contributed by atoms with Gasteiger partial charge in [0.1, 0.15) is 0 Å². The second-order valence-corrected chi connectivity index (χ2v) is 7.06. The lowest BCUT2D eigenvalue weighted by atomic mass is 10.0. The molecule has 1 saturated heterocycles. The molecule has 7 heteroatoms. The van der Waals surface area contributed by atoms with Crippen LogP contribution in [-0.2, 0) is 0 Å². The summed E-state index contributed by atoms with van der Waals surface area (Å²) in [5.74, 6) is -0.293. The summed E-state index contributed by atoms with van der Waals surface area (Å²) in [6, 6.07) is 11.0. The van der Waals surface area contributed by atoms with E-state index in [1.165, 1.54) is 6.42 Å². The van der Waals surface area contributed by atoms with E-state index in [0.717, 1.165) is 31.5 Å². The maximum Gasteiger partial charge on any atom is 0.272 e. The zero-order valence-corrected chi connectivity index (χ0v) is 15.6. The van der Waals surface area contributed by atoms with E-state index < -0.39 is 0 Å². The first kappa shape index (κ1) is 18.3. The summed E-state index contributed by atoms with van der Waals surface area (Å²) in [6.07, 6.45) is 7.19. The molecule has 3 heterocycles. The van der Waals surface area contributed by atoms with Crippen LogP contribution in [0.2, 0.25) is 0 Å². The van der Waals surface area contributed by atoms with Gasteiger partial charge in [0.05, 0.1) is 11.4 Å². The van der Waals surface area contributed by atoms with E-state index in [-0.39, 0.29) is 23.2 Å². The first-order valence-electron chi connectivity index (χ1n) is 9.63. The van der Waals surface area contributed by atoms with Gasteiger partial charge < -0.3 is 5.32 Å². The lowest BCUT2D eigenvalue weighted by molar-refractivity contribution is 0.0920. The van der Waals surface area contributed by atoms with E-state index >= 15 is 0 Å². The van der Waals surface area contributed by atoms with Crippen LogP contribution in [0.4, 0.5) is 0 Å². The fourth-order valence-electron chi connectivity index (χ4n) is 3.82. The second kappa shape index (κ2) is 8.31. The molecule has 1 aromatic carbocycles. The Hall–Kier alpha value is -3.06. The number of nitrogens with one attached hydrogen (secondary N) is 2. The molecule has 1 aliphatic heterocycles. The van der Waals surface area contributed by atoms with Gasteiger partial charge in [-0.2, -0.15) is 5.10 Å². The van der Waals surface area contributed by atoms with Crippen LogP contribution in [0.1, 0.15) is 41.4 Å². The molecule has 0 radical (unpaired) electrons. The summed E-state index contributed by atoms with van der Waals surface area (Å²) < 4.78 is 0. The van der Waals surface area contributed by atoms with Crippen molar-refractivity contribution in [1.29, 1.82) is 0 Å². The molecule has 2 N–H and O–H groups in total. The highest BCUT2D eigenvalue weighted by Crippen LogP contribution is 2.23. The molecule has 0 saturated carbocycles. The average Bonchev–Trinajstić information content (AvgIpc) is 2.76. The standard InChI is InChI=1S/C21H23N5O2/c27-20-17-9-3-2-8-16(17)19(24-25-20)21(28)23-14-18(15-7-6-10-22-13-15)26-11-4-1-5-12-26/h2-3,6-10,13,18H,1,4-5,11-12,14H2,(H,23,28)(H,25,27). The molecule has 0 spiro atoms. The van der Waals surface area contributed by atoms with E-state index in [9.17, 15) is 9.59 Å². The van der Waals surface area contributed by atoms with Crippen molar-refractivity contribution in [3.63, 3.8) is 0 Å². The molecule has 1 aliphatic rings. The second-order valence-electron chi connectivity index (χ2n) is 7.06. The van der Waals surface area contributed by atoms with Crippen molar-refractivity contribution in [2.75, 3.05) is 19.6 Å². The Labute approximate surface area is 162 Å². The number of nitrogens with zero attached hydrogens (tertiary/aromatic N) is 3. The Morgan fingerprint density at radius 1 is 1.11 bits per heavy atom. The molecule has 0 bridgehead atoms. The smallest absolute Gasteiger partial charge is 0.272 e. The molecular weight excluding hydrogens is 354 g/mol. The van der Waals surface area contributed by atoms with E-state index in [0.29, 0.717) is 17.3 Å². The van der Waals surface area contributed by atoms with Gasteiger partial charge in [0, 0.05) is 24.3 Å². The molecule has 0 aliphatic carbocycles. The molecule has 3 aromatic rings. The van der Waals surface area contributed by atoms with Gasteiger partial charge in [-0.25, -0.2) is 5.10 Å². The summed E-state index contributed by atoms with van der Waals surface area (Å²) >= 11 is 0. The molecule has 4 rings (SSSR count). The lowest BCUT2D eigenvalue weighted by Crippen LogP contribution is -2.41. The molecule has 1 atom stereocenters. The van der Waals surface area contributed by atoms with Crippen molar-refractivity contribution in [3.05, 3.63) is 70.4 Å². The highest BCUT2D eigenvalue weighted by atomic mass is 16.2. The van der Waals surface area contributed by atoms with Crippen LogP contribution >= 0.6 is 0 Å². The van der Waals surface area contributed by atoms with Crippen molar-refractivity contribution in [2.24, 2.45) is 0 Å². The molecule has 1 amide bonds. The third-order valence-electron chi connectivity index (χ3n) is 5.27. The van der Waals surface area contributed by atoms with Crippen LogP contribution in [-0.4, -0.2) is 45.6 Å². The van der Waals surface area contributed by atoms with Gasteiger partial charge in [0.25, 0.3) is 11.5 Å². The molecule has 144 valence electrons. The maximum absolute atomic E-state index is 12.9. The average molecular weight is 377 g/mol. The highest BCUT2D eigenvalue weighted by molar-refractivity contribution is 6.04. The largest absolute Gasteiger partial charge is 0.349 e. The van der Waals surface area contributed by atoms with Crippen LogP contribution < -0.4 is 10.9 Å². The summed E-state index contributed by atoms with van der Waals surface area (Å²) in [7, 11) is 0. The number of aromatic amines is 1. The van der Waals surface area contributed by atoms with Gasteiger partial charge in [0.2, 0.25) is 0 Å². The summed E-state index contributed by atoms with van der Waals surface area (Å²) in [6.45, 7) is 2.48. The highest BCUT2D eigenvalue weighted by Gasteiger charge is 2.24. The topological polar surface area (TPSA) is 91.0 Å². The maximum atomic E-state index is 12.9. The first-order valence-corrected chi connectivity index (χ1v) is 9.63. The van der Waals surface area contributed by atoms with Gasteiger partial charge in [-0.15, -0.1) is 0 Å². The van der Waals surface area contributed by atoms with Crippen LogP contribution in [0.25, 0.3) is 10.8 Å². The number of amides is 1. The molecule has 2 aromatic heterocycles. The number of pyridine rings is 1. The van der Waals surface area contributed by atoms with Gasteiger partial charge >= 0.3 is 0 Å². The fourth-order valence-corrected chi connectivity index (χ4v) is 3.82. The van der Waals surface area contributed by atoms with Crippen LogP contribution in [0.5, 0.6) is 0 Å². The number of likely N-dealkylation sites (tertiary alicyclic amines) is 1. The number of H-pyrrole nitrogens is 1. The SMILES string of the molecule is O=C(NCC(c1cccnc1)N1CCCCC1)c1n[nH]c(=O)c2ccccc12. The number of hydrogen-bond acceptors (Lipinski definition) is 5. The van der Waals surface area contributed by atoms with Crippen LogP contribution in [0.15, 0.2) is 53.6 Å². The van der Waals surface area contributed by atoms with Crippen molar-refractivity contribution in [3.8, 4) is 0 Å². The summed E-state index contributed by atoms with van der Waals surface area (Å²) in [5, 5.41) is 10.4. The van der Waals surface area contributed by atoms with Crippen LogP contribution in [0.3, 0.4) is 0 Å². The molecule has 1 fully saturated rings. The third-order valence-corrected chi connectivity index (χ3v) is 5.27. The minimum atomic E-state index is -0.297. The van der Waals surface area contributed by atoms with Crippen molar-refractivity contribution < 1.29 is 4.79 Å². The Bertz CT molecular complexity index is 1010. The minimum Gasteiger partial charge on any atom is -0.349 e. The Balaban J connectivity index is 1.56. The number of hydrogen-bond donors (Lipinski definition) is 2. The first-order chi connectivity index (χ1) is 13.7. The Morgan fingerprint density at radius 2 is 1.89 bits per heavy atom. The Kier molecular flexibility index (Phi) is 5.43. The number of carbonyl (C=O) groups is 1. The van der Waals surface area contributed by atoms with E-state index in [1.807, 2.05) is 18.3 Å². The zero-order chi connectivity index (χ0) is 19.3. The number of rotatable bonds is 5. The van der Waals surface area contributed by atoms with Gasteiger partial charge in [-0.3, -0.25) is 19.5 Å². The van der Waals surface area contributed by atoms with Gasteiger partial charge in [-0.05, 0) is 43.6 Å². The predicted molar refractivity (Wildman–Crippen MR) is 107 cm³/mol. The van der Waals surface area contributed by atoms with E-state index in [4.69, 9.17) is 0 Å². The van der Waals surface area contributed by atoms with Crippen LogP contribution in [0, 0.1) is 0 Å². The number of benzene rings is 1. The molecular formula is C21H23N5O2. The van der Waals surface area contributed by atoms with Gasteiger partial charge in [-0.1, -0.05) is 30.7 Å². The van der Waals surface area contributed by atoms with E-state index in [2.05, 4.69) is 25.4 Å². The quantitative estimate of drug-likeness (QED) is 0.712. The van der Waals surface area contributed by atoms with Crippen molar-refractivity contribution in [1.82, 2.24) is 25.4 Å². The summed E-state index contributed by atoms with van der Waals surface area (Å²) in [4.78, 5) is 31.5. The normalized spacial score (nSPS) is 16.0. The number of piperidine rings is 1. The minimum absolute atomic E-state index is 0.0620.